The van der Waals surface area contributed by atoms with Gasteiger partial charge in [-0.15, -0.1) is 0 Å². The van der Waals surface area contributed by atoms with E-state index in [0.717, 1.165) is 11.1 Å². The molecule has 0 aliphatic rings. The van der Waals surface area contributed by atoms with E-state index in [-0.39, 0.29) is 6.61 Å². The average Bonchev–Trinajstić information content (AvgIpc) is 3.04. The van der Waals surface area contributed by atoms with Crippen LogP contribution in [0.2, 0.25) is 0 Å². The molecule has 124 valence electrons. The van der Waals surface area contributed by atoms with Gasteiger partial charge >= 0.3 is 0 Å². The van der Waals surface area contributed by atoms with Gasteiger partial charge in [0.15, 0.2) is 5.58 Å². The van der Waals surface area contributed by atoms with E-state index in [4.69, 9.17) is 9.15 Å². The minimum atomic E-state index is 0.228. The number of benzene rings is 2. The van der Waals surface area contributed by atoms with E-state index in [2.05, 4.69) is 10.3 Å². The van der Waals surface area contributed by atoms with Crippen molar-refractivity contribution in [2.24, 2.45) is 0 Å². The summed E-state index contributed by atoms with van der Waals surface area (Å²) in [4.78, 5) is 4.39. The number of anilines is 1. The van der Waals surface area contributed by atoms with Crippen LogP contribution in [0.3, 0.4) is 0 Å². The third kappa shape index (κ3) is 3.93. The zero-order valence-electron chi connectivity index (χ0n) is 13.5. The van der Waals surface area contributed by atoms with E-state index in [0.29, 0.717) is 42.2 Å². The summed E-state index contributed by atoms with van der Waals surface area (Å²) < 4.78 is 23.8. The number of nitrogens with zero attached hydrogens (tertiary/aromatic N) is 1. The molecule has 1 aromatic heterocycles. The first kappa shape index (κ1) is 16.1. The highest BCUT2D eigenvalue weighted by Gasteiger charge is 2.07. The molecule has 3 aromatic rings. The van der Waals surface area contributed by atoms with Crippen LogP contribution in [0.25, 0.3) is 11.1 Å². The Kier molecular flexibility index (Phi) is 5.11. The standard InChI is InChI=1S/C19H19FN2O2/c1-2-14(11-20)13-23-16-8-9-17-18(10-16)24-19(22-17)21-12-15-6-4-3-5-7-15/h3-11H,2,12-13H2,1H3,(H,21,22)/b14-11+. The molecule has 5 heteroatoms. The summed E-state index contributed by atoms with van der Waals surface area (Å²) in [5, 5.41) is 3.16. The SMILES string of the molecule is CC/C(=C\F)COc1ccc2nc(NCc3ccccc3)oc2c1. The van der Waals surface area contributed by atoms with Crippen molar-refractivity contribution in [3.8, 4) is 5.75 Å². The molecule has 0 aliphatic heterocycles. The van der Waals surface area contributed by atoms with Crippen LogP contribution in [0.1, 0.15) is 18.9 Å². The molecule has 2 aromatic carbocycles. The van der Waals surface area contributed by atoms with Gasteiger partial charge in [0.2, 0.25) is 0 Å². The molecule has 0 bridgehead atoms. The van der Waals surface area contributed by atoms with E-state index < -0.39 is 0 Å². The van der Waals surface area contributed by atoms with Crippen molar-refractivity contribution in [3.63, 3.8) is 0 Å². The Balaban J connectivity index is 1.67. The lowest BCUT2D eigenvalue weighted by Gasteiger charge is -2.06. The number of nitrogens with one attached hydrogen (secondary N) is 1. The van der Waals surface area contributed by atoms with E-state index in [1.54, 1.807) is 12.1 Å². The van der Waals surface area contributed by atoms with Crippen molar-refractivity contribution in [2.45, 2.75) is 19.9 Å². The normalized spacial score (nSPS) is 11.7. The number of halogens is 1. The van der Waals surface area contributed by atoms with Gasteiger partial charge in [0, 0.05) is 12.6 Å². The predicted molar refractivity (Wildman–Crippen MR) is 92.8 cm³/mol. The van der Waals surface area contributed by atoms with Crippen LogP contribution >= 0.6 is 0 Å². The number of hydrogen-bond acceptors (Lipinski definition) is 4. The quantitative estimate of drug-likeness (QED) is 0.657. The van der Waals surface area contributed by atoms with Gasteiger partial charge in [-0.2, -0.15) is 4.98 Å². The maximum atomic E-state index is 12.6. The third-order valence-electron chi connectivity index (χ3n) is 3.68. The summed E-state index contributed by atoms with van der Waals surface area (Å²) in [6, 6.07) is 15.9. The maximum absolute atomic E-state index is 12.6. The second-order valence-electron chi connectivity index (χ2n) is 5.40. The van der Waals surface area contributed by atoms with E-state index in [9.17, 15) is 4.39 Å². The largest absolute Gasteiger partial charge is 0.489 e. The number of hydrogen-bond donors (Lipinski definition) is 1. The molecule has 4 nitrogen and oxygen atoms in total. The van der Waals surface area contributed by atoms with E-state index >= 15 is 0 Å². The Morgan fingerprint density at radius 3 is 2.83 bits per heavy atom. The first-order valence-electron chi connectivity index (χ1n) is 7.88. The van der Waals surface area contributed by atoms with E-state index in [1.165, 1.54) is 0 Å². The van der Waals surface area contributed by atoms with Gasteiger partial charge < -0.3 is 14.5 Å². The highest BCUT2D eigenvalue weighted by molar-refractivity contribution is 5.76. The van der Waals surface area contributed by atoms with Crippen molar-refractivity contribution in [1.29, 1.82) is 0 Å². The lowest BCUT2D eigenvalue weighted by Crippen LogP contribution is -1.99. The van der Waals surface area contributed by atoms with Crippen LogP contribution in [0.4, 0.5) is 10.4 Å². The first-order chi connectivity index (χ1) is 11.8. The molecular formula is C19H19FN2O2. The van der Waals surface area contributed by atoms with Crippen molar-refractivity contribution < 1.29 is 13.5 Å². The van der Waals surface area contributed by atoms with Crippen LogP contribution in [0, 0.1) is 0 Å². The van der Waals surface area contributed by atoms with Crippen LogP contribution in [0.5, 0.6) is 5.75 Å². The van der Waals surface area contributed by atoms with Gasteiger partial charge in [-0.05, 0) is 29.7 Å². The zero-order valence-corrected chi connectivity index (χ0v) is 13.5. The summed E-state index contributed by atoms with van der Waals surface area (Å²) in [7, 11) is 0. The molecule has 0 saturated heterocycles. The topological polar surface area (TPSA) is 47.3 Å². The van der Waals surface area contributed by atoms with Crippen molar-refractivity contribution in [2.75, 3.05) is 11.9 Å². The molecule has 0 saturated carbocycles. The fourth-order valence-electron chi connectivity index (χ4n) is 2.23. The highest BCUT2D eigenvalue weighted by atomic mass is 19.1. The molecule has 24 heavy (non-hydrogen) atoms. The number of oxazole rings is 1. The van der Waals surface area contributed by atoms with Crippen molar-refractivity contribution in [3.05, 3.63) is 66.0 Å². The minimum absolute atomic E-state index is 0.228. The summed E-state index contributed by atoms with van der Waals surface area (Å²) >= 11 is 0. The van der Waals surface area contributed by atoms with E-state index in [1.807, 2.05) is 43.3 Å². The Hall–Kier alpha value is -2.82. The fraction of sp³-hybridized carbons (Fsp3) is 0.211. The first-order valence-corrected chi connectivity index (χ1v) is 7.88. The average molecular weight is 326 g/mol. The lowest BCUT2D eigenvalue weighted by molar-refractivity contribution is 0.345. The summed E-state index contributed by atoms with van der Waals surface area (Å²) in [5.41, 5.74) is 3.13. The predicted octanol–water partition coefficient (Wildman–Crippen LogP) is 5.08. The second kappa shape index (κ2) is 7.64. The Morgan fingerprint density at radius 2 is 2.08 bits per heavy atom. The third-order valence-corrected chi connectivity index (χ3v) is 3.68. The second-order valence-corrected chi connectivity index (χ2v) is 5.40. The van der Waals surface area contributed by atoms with Gasteiger partial charge in [0.1, 0.15) is 17.9 Å². The molecule has 0 fully saturated rings. The number of rotatable bonds is 7. The molecule has 1 N–H and O–H groups in total. The molecule has 1 heterocycles. The van der Waals surface area contributed by atoms with Gasteiger partial charge in [-0.25, -0.2) is 4.39 Å². The summed E-state index contributed by atoms with van der Waals surface area (Å²) in [6.07, 6.45) is 1.22. The highest BCUT2D eigenvalue weighted by Crippen LogP contribution is 2.24. The van der Waals surface area contributed by atoms with Gasteiger partial charge in [-0.3, -0.25) is 0 Å². The Bertz CT molecular complexity index is 828. The van der Waals surface area contributed by atoms with Crippen LogP contribution in [-0.2, 0) is 6.54 Å². The van der Waals surface area contributed by atoms with Gasteiger partial charge in [0.25, 0.3) is 6.01 Å². The monoisotopic (exact) mass is 326 g/mol. The Labute approximate surface area is 140 Å². The van der Waals surface area contributed by atoms with Crippen LogP contribution in [-0.4, -0.2) is 11.6 Å². The molecular weight excluding hydrogens is 307 g/mol. The lowest BCUT2D eigenvalue weighted by atomic mass is 10.2. The minimum Gasteiger partial charge on any atom is -0.489 e. The van der Waals surface area contributed by atoms with Gasteiger partial charge in [0.05, 0.1) is 6.33 Å². The van der Waals surface area contributed by atoms with Crippen molar-refractivity contribution >= 4 is 17.1 Å². The zero-order chi connectivity index (χ0) is 16.8. The van der Waals surface area contributed by atoms with Crippen molar-refractivity contribution in [1.82, 2.24) is 4.98 Å². The molecule has 0 unspecified atom stereocenters. The van der Waals surface area contributed by atoms with Gasteiger partial charge in [-0.1, -0.05) is 37.3 Å². The fourth-order valence-corrected chi connectivity index (χ4v) is 2.23. The van der Waals surface area contributed by atoms with Crippen LogP contribution < -0.4 is 10.1 Å². The molecule has 0 spiro atoms. The molecule has 3 rings (SSSR count). The summed E-state index contributed by atoms with van der Waals surface area (Å²) in [6.45, 7) is 2.75. The van der Waals surface area contributed by atoms with Crippen LogP contribution in [0.15, 0.2) is 64.9 Å². The number of aromatic nitrogens is 1. The number of fused-ring (bicyclic) bond motifs is 1. The molecule has 0 aliphatic carbocycles. The maximum Gasteiger partial charge on any atom is 0.295 e. The molecule has 0 radical (unpaired) electrons. The molecule has 0 amide bonds. The molecule has 0 atom stereocenters. The number of ether oxygens (including phenoxy) is 1. The Morgan fingerprint density at radius 1 is 1.25 bits per heavy atom. The smallest absolute Gasteiger partial charge is 0.295 e. The summed E-state index contributed by atoms with van der Waals surface area (Å²) in [5.74, 6) is 0.626.